The number of aryl methyl sites for hydroxylation is 1. The van der Waals surface area contributed by atoms with Crippen molar-refractivity contribution in [3.8, 4) is 0 Å². The molecule has 26 heavy (non-hydrogen) atoms. The third-order valence-electron chi connectivity index (χ3n) is 4.45. The summed E-state index contributed by atoms with van der Waals surface area (Å²) in [6.45, 7) is 3.40. The molecule has 1 aromatic carbocycles. The maximum atomic E-state index is 12.6. The summed E-state index contributed by atoms with van der Waals surface area (Å²) in [5.74, 6) is -0.000263. The summed E-state index contributed by atoms with van der Waals surface area (Å²) in [6.07, 6.45) is 3.80. The summed E-state index contributed by atoms with van der Waals surface area (Å²) in [4.78, 5) is 23.6. The first-order valence-electron chi connectivity index (χ1n) is 8.36. The minimum atomic E-state index is -0.101. The van der Waals surface area contributed by atoms with Gasteiger partial charge >= 0.3 is 0 Å². The number of carbonyl (C=O) groups is 2. The van der Waals surface area contributed by atoms with Crippen LogP contribution in [-0.4, -0.2) is 34.7 Å². The van der Waals surface area contributed by atoms with Gasteiger partial charge in [-0.2, -0.15) is 5.10 Å². The third kappa shape index (κ3) is 4.83. The van der Waals surface area contributed by atoms with Crippen molar-refractivity contribution in [1.29, 1.82) is 0 Å². The van der Waals surface area contributed by atoms with Crippen LogP contribution >= 0.6 is 12.4 Å². The first kappa shape index (κ1) is 19.9. The molecule has 8 heteroatoms. The number of rotatable bonds is 5. The molecule has 0 spiro atoms. The van der Waals surface area contributed by atoms with Gasteiger partial charge in [0.25, 0.3) is 0 Å². The van der Waals surface area contributed by atoms with Gasteiger partial charge in [0.05, 0.1) is 12.1 Å². The number of amides is 2. The predicted molar refractivity (Wildman–Crippen MR) is 102 cm³/mol. The Morgan fingerprint density at radius 2 is 2.00 bits per heavy atom. The van der Waals surface area contributed by atoms with Crippen molar-refractivity contribution in [2.75, 3.05) is 18.4 Å². The van der Waals surface area contributed by atoms with E-state index >= 15 is 0 Å². The van der Waals surface area contributed by atoms with Crippen molar-refractivity contribution in [2.24, 2.45) is 13.0 Å². The average Bonchev–Trinajstić information content (AvgIpc) is 3.22. The van der Waals surface area contributed by atoms with Gasteiger partial charge in [0.2, 0.25) is 11.8 Å². The minimum Gasteiger partial charge on any atom is -0.352 e. The SMILES string of the molecule is CC(=O)Nc1ccc(CNC(=O)[C@H]2CNC[C@@H]2c2cnn(C)c2)cc1.Cl. The summed E-state index contributed by atoms with van der Waals surface area (Å²) in [5, 5.41) is 13.2. The normalized spacial score (nSPS) is 18.8. The molecular weight excluding hydrogens is 354 g/mol. The number of nitrogens with one attached hydrogen (secondary N) is 3. The Hall–Kier alpha value is -2.38. The lowest BCUT2D eigenvalue weighted by atomic mass is 9.90. The Morgan fingerprint density at radius 3 is 2.62 bits per heavy atom. The molecule has 0 bridgehead atoms. The van der Waals surface area contributed by atoms with Crippen molar-refractivity contribution in [2.45, 2.75) is 19.4 Å². The Morgan fingerprint density at radius 1 is 1.27 bits per heavy atom. The number of aromatic nitrogens is 2. The Kier molecular flexibility index (Phi) is 6.76. The molecule has 1 aliphatic rings. The highest BCUT2D eigenvalue weighted by Gasteiger charge is 2.34. The Bertz CT molecular complexity index is 759. The van der Waals surface area contributed by atoms with Gasteiger partial charge in [-0.25, -0.2) is 0 Å². The first-order valence-corrected chi connectivity index (χ1v) is 8.36. The molecule has 1 aromatic heterocycles. The van der Waals surface area contributed by atoms with Gasteiger partial charge in [0.1, 0.15) is 0 Å². The quantitative estimate of drug-likeness (QED) is 0.735. The van der Waals surface area contributed by atoms with Crippen LogP contribution < -0.4 is 16.0 Å². The smallest absolute Gasteiger partial charge is 0.225 e. The van der Waals surface area contributed by atoms with Gasteiger partial charge in [-0.05, 0) is 23.3 Å². The molecule has 2 atom stereocenters. The van der Waals surface area contributed by atoms with Crippen LogP contribution in [-0.2, 0) is 23.2 Å². The van der Waals surface area contributed by atoms with E-state index < -0.39 is 0 Å². The summed E-state index contributed by atoms with van der Waals surface area (Å²) in [6, 6.07) is 7.46. The molecule has 1 fully saturated rings. The molecule has 0 saturated carbocycles. The molecule has 2 heterocycles. The molecule has 3 rings (SSSR count). The number of hydrogen-bond donors (Lipinski definition) is 3. The largest absolute Gasteiger partial charge is 0.352 e. The molecule has 0 radical (unpaired) electrons. The van der Waals surface area contributed by atoms with E-state index in [1.54, 1.807) is 4.68 Å². The maximum absolute atomic E-state index is 12.6. The number of carbonyl (C=O) groups excluding carboxylic acids is 2. The minimum absolute atomic E-state index is 0. The molecule has 0 unspecified atom stereocenters. The van der Waals surface area contributed by atoms with Crippen LogP contribution in [0, 0.1) is 5.92 Å². The molecule has 1 saturated heterocycles. The van der Waals surface area contributed by atoms with Crippen molar-refractivity contribution in [3.05, 3.63) is 47.8 Å². The second-order valence-corrected chi connectivity index (χ2v) is 6.41. The van der Waals surface area contributed by atoms with Crippen LogP contribution in [0.3, 0.4) is 0 Å². The lowest BCUT2D eigenvalue weighted by Crippen LogP contribution is -2.33. The van der Waals surface area contributed by atoms with Crippen molar-refractivity contribution < 1.29 is 9.59 Å². The second kappa shape index (κ2) is 8.82. The lowest BCUT2D eigenvalue weighted by Gasteiger charge is -2.17. The zero-order chi connectivity index (χ0) is 17.8. The number of anilines is 1. The zero-order valence-corrected chi connectivity index (χ0v) is 15.7. The van der Waals surface area contributed by atoms with Crippen LogP contribution in [0.5, 0.6) is 0 Å². The molecular formula is C18H24ClN5O2. The van der Waals surface area contributed by atoms with E-state index in [0.29, 0.717) is 13.1 Å². The van der Waals surface area contributed by atoms with Crippen LogP contribution in [0.15, 0.2) is 36.7 Å². The number of halogens is 1. The van der Waals surface area contributed by atoms with E-state index in [2.05, 4.69) is 21.0 Å². The first-order chi connectivity index (χ1) is 12.0. The highest BCUT2D eigenvalue weighted by Crippen LogP contribution is 2.27. The van der Waals surface area contributed by atoms with Crippen LogP contribution in [0.25, 0.3) is 0 Å². The van der Waals surface area contributed by atoms with E-state index in [9.17, 15) is 9.59 Å². The van der Waals surface area contributed by atoms with E-state index in [-0.39, 0.29) is 36.1 Å². The average molecular weight is 378 g/mol. The third-order valence-corrected chi connectivity index (χ3v) is 4.45. The lowest BCUT2D eigenvalue weighted by molar-refractivity contribution is -0.125. The Balaban J connectivity index is 0.00000243. The van der Waals surface area contributed by atoms with Crippen LogP contribution in [0.2, 0.25) is 0 Å². The van der Waals surface area contributed by atoms with Gasteiger partial charge in [0, 0.05) is 51.4 Å². The number of nitrogens with zero attached hydrogens (tertiary/aromatic N) is 2. The topological polar surface area (TPSA) is 88.1 Å². The summed E-state index contributed by atoms with van der Waals surface area (Å²) in [5.41, 5.74) is 2.83. The van der Waals surface area contributed by atoms with Gasteiger partial charge in [-0.15, -0.1) is 12.4 Å². The highest BCUT2D eigenvalue weighted by atomic mass is 35.5. The number of benzene rings is 1. The fourth-order valence-corrected chi connectivity index (χ4v) is 3.17. The summed E-state index contributed by atoms with van der Waals surface area (Å²) in [7, 11) is 1.88. The zero-order valence-electron chi connectivity index (χ0n) is 14.9. The van der Waals surface area contributed by atoms with Crippen molar-refractivity contribution in [3.63, 3.8) is 0 Å². The monoisotopic (exact) mass is 377 g/mol. The fraction of sp³-hybridized carbons (Fsp3) is 0.389. The highest BCUT2D eigenvalue weighted by molar-refractivity contribution is 5.88. The number of hydrogen-bond acceptors (Lipinski definition) is 4. The van der Waals surface area contributed by atoms with E-state index in [0.717, 1.165) is 23.4 Å². The van der Waals surface area contributed by atoms with Gasteiger partial charge < -0.3 is 16.0 Å². The van der Waals surface area contributed by atoms with E-state index in [1.807, 2.05) is 43.7 Å². The van der Waals surface area contributed by atoms with E-state index in [1.165, 1.54) is 6.92 Å². The molecule has 0 aliphatic carbocycles. The van der Waals surface area contributed by atoms with Crippen LogP contribution in [0.1, 0.15) is 24.0 Å². The van der Waals surface area contributed by atoms with E-state index in [4.69, 9.17) is 0 Å². The second-order valence-electron chi connectivity index (χ2n) is 6.41. The molecule has 3 N–H and O–H groups in total. The summed E-state index contributed by atoms with van der Waals surface area (Å²) >= 11 is 0. The molecule has 140 valence electrons. The van der Waals surface area contributed by atoms with Crippen molar-refractivity contribution in [1.82, 2.24) is 20.4 Å². The Labute approximate surface area is 159 Å². The van der Waals surface area contributed by atoms with Crippen LogP contribution in [0.4, 0.5) is 5.69 Å². The standard InChI is InChI=1S/C18H23N5O2.ClH/c1-12(24)22-15-5-3-13(4-6-15)7-20-18(25)17-10-19-9-16(17)14-8-21-23(2)11-14;/h3-6,8,11,16-17,19H,7,9-10H2,1-2H3,(H,20,25)(H,22,24);1H/t16-,17+;/m1./s1. The molecule has 1 aliphatic heterocycles. The fourth-order valence-electron chi connectivity index (χ4n) is 3.17. The molecule has 7 nitrogen and oxygen atoms in total. The molecule has 2 amide bonds. The maximum Gasteiger partial charge on any atom is 0.225 e. The van der Waals surface area contributed by atoms with Gasteiger partial charge in [-0.3, -0.25) is 14.3 Å². The van der Waals surface area contributed by atoms with Gasteiger partial charge in [0.15, 0.2) is 0 Å². The molecule has 2 aromatic rings. The van der Waals surface area contributed by atoms with Crippen molar-refractivity contribution >= 4 is 29.9 Å². The predicted octanol–water partition coefficient (Wildman–Crippen LogP) is 1.42. The summed E-state index contributed by atoms with van der Waals surface area (Å²) < 4.78 is 1.76. The van der Waals surface area contributed by atoms with Gasteiger partial charge in [-0.1, -0.05) is 12.1 Å².